The van der Waals surface area contributed by atoms with Crippen molar-refractivity contribution in [1.82, 2.24) is 4.98 Å². The van der Waals surface area contributed by atoms with Crippen LogP contribution in [0.4, 0.5) is 0 Å². The maximum atomic E-state index is 12.3. The molecule has 0 radical (unpaired) electrons. The van der Waals surface area contributed by atoms with E-state index in [0.29, 0.717) is 17.2 Å². The largest absolute Gasteiger partial charge is 0.465 e. The lowest BCUT2D eigenvalue weighted by Crippen LogP contribution is -2.09. The molecule has 0 aliphatic heterocycles. The molecule has 0 aliphatic rings. The lowest BCUT2D eigenvalue weighted by Gasteiger charge is -2.12. The van der Waals surface area contributed by atoms with Gasteiger partial charge < -0.3 is 4.74 Å². The van der Waals surface area contributed by atoms with Crippen LogP contribution in [0.3, 0.4) is 0 Å². The van der Waals surface area contributed by atoms with Crippen molar-refractivity contribution in [3.8, 4) is 28.5 Å². The van der Waals surface area contributed by atoms with Crippen molar-refractivity contribution in [2.45, 2.75) is 56.9 Å². The zero-order valence-corrected chi connectivity index (χ0v) is 20.7. The monoisotopic (exact) mass is 472 g/mol. The van der Waals surface area contributed by atoms with Gasteiger partial charge in [-0.2, -0.15) is 5.26 Å². The molecule has 176 valence electrons. The van der Waals surface area contributed by atoms with Crippen molar-refractivity contribution in [2.75, 3.05) is 12.4 Å². The van der Waals surface area contributed by atoms with Gasteiger partial charge in [-0.1, -0.05) is 118 Å². The number of benzene rings is 2. The van der Waals surface area contributed by atoms with Gasteiger partial charge in [0.25, 0.3) is 0 Å². The summed E-state index contributed by atoms with van der Waals surface area (Å²) in [6, 6.07) is 24.0. The summed E-state index contributed by atoms with van der Waals surface area (Å²) in [6.07, 6.45) is 8.25. The highest BCUT2D eigenvalue weighted by atomic mass is 32.2. The molecule has 2 aromatic carbocycles. The van der Waals surface area contributed by atoms with Crippen LogP contribution < -0.4 is 0 Å². The van der Waals surface area contributed by atoms with E-state index >= 15 is 0 Å². The van der Waals surface area contributed by atoms with E-state index in [9.17, 15) is 10.1 Å². The molecule has 1 aromatic heterocycles. The minimum Gasteiger partial charge on any atom is -0.465 e. The van der Waals surface area contributed by atoms with Crippen molar-refractivity contribution in [3.05, 3.63) is 72.3 Å². The van der Waals surface area contributed by atoms with Gasteiger partial charge in [0, 0.05) is 11.1 Å². The van der Waals surface area contributed by atoms with E-state index in [1.807, 2.05) is 66.7 Å². The highest BCUT2D eigenvalue weighted by Gasteiger charge is 2.17. The van der Waals surface area contributed by atoms with Gasteiger partial charge in [0.15, 0.2) is 0 Å². The Labute approximate surface area is 207 Å². The number of nitriles is 1. The molecular formula is C29H32N2O2S. The molecule has 3 aromatic rings. The molecular weight excluding hydrogens is 440 g/mol. The summed E-state index contributed by atoms with van der Waals surface area (Å²) in [5.74, 6) is -0.141. The van der Waals surface area contributed by atoms with E-state index in [0.717, 1.165) is 35.2 Å². The zero-order valence-electron chi connectivity index (χ0n) is 19.8. The summed E-state index contributed by atoms with van der Waals surface area (Å²) in [6.45, 7) is 2.66. The number of hydrogen-bond acceptors (Lipinski definition) is 5. The fourth-order valence-corrected chi connectivity index (χ4v) is 4.55. The van der Waals surface area contributed by atoms with Crippen LogP contribution in [0.1, 0.15) is 57.4 Å². The molecule has 4 nitrogen and oxygen atoms in total. The first-order chi connectivity index (χ1) is 16.7. The molecule has 34 heavy (non-hydrogen) atoms. The molecule has 0 spiro atoms. The molecule has 0 fully saturated rings. The third kappa shape index (κ3) is 7.74. The van der Waals surface area contributed by atoms with E-state index < -0.39 is 0 Å². The maximum Gasteiger partial charge on any atom is 0.316 e. The Balaban J connectivity index is 1.67. The number of esters is 1. The first-order valence-electron chi connectivity index (χ1n) is 12.1. The molecule has 1 heterocycles. The first kappa shape index (κ1) is 25.5. The van der Waals surface area contributed by atoms with Crippen LogP contribution in [0.2, 0.25) is 0 Å². The second-order valence-electron chi connectivity index (χ2n) is 8.21. The van der Waals surface area contributed by atoms with Gasteiger partial charge in [-0.05, 0) is 18.1 Å². The fourth-order valence-electron chi connectivity index (χ4n) is 3.75. The number of hydrogen-bond donors (Lipinski definition) is 0. The summed E-state index contributed by atoms with van der Waals surface area (Å²) in [5.41, 5.74) is 3.98. The Bertz CT molecular complexity index is 1080. The van der Waals surface area contributed by atoms with Crippen molar-refractivity contribution in [1.29, 1.82) is 5.26 Å². The number of nitrogens with zero attached hydrogens (tertiary/aromatic N) is 2. The molecule has 0 atom stereocenters. The van der Waals surface area contributed by atoms with E-state index in [-0.39, 0.29) is 11.7 Å². The van der Waals surface area contributed by atoms with Crippen LogP contribution in [-0.4, -0.2) is 23.3 Å². The smallest absolute Gasteiger partial charge is 0.316 e. The van der Waals surface area contributed by atoms with Crippen molar-refractivity contribution in [3.63, 3.8) is 0 Å². The van der Waals surface area contributed by atoms with Crippen molar-refractivity contribution >= 4 is 17.7 Å². The van der Waals surface area contributed by atoms with Gasteiger partial charge in [0.05, 0.1) is 23.6 Å². The van der Waals surface area contributed by atoms with Crippen molar-refractivity contribution in [2.24, 2.45) is 0 Å². The Hall–Kier alpha value is -3.10. The molecule has 0 unspecified atom stereocenters. The lowest BCUT2D eigenvalue weighted by molar-refractivity contribution is -0.140. The van der Waals surface area contributed by atoms with Crippen LogP contribution in [0.25, 0.3) is 22.4 Å². The van der Waals surface area contributed by atoms with Gasteiger partial charge in [-0.15, -0.1) is 0 Å². The molecule has 5 heteroatoms. The summed E-state index contributed by atoms with van der Waals surface area (Å²) >= 11 is 1.27. The molecule has 0 aliphatic carbocycles. The predicted molar refractivity (Wildman–Crippen MR) is 139 cm³/mol. The lowest BCUT2D eigenvalue weighted by atomic mass is 9.99. The SMILES string of the molecule is CCCCCCCCCOC(=O)CSc1nc(-c2ccccc2)cc(-c2ccccc2)c1C#N. The maximum absolute atomic E-state index is 12.3. The van der Waals surface area contributed by atoms with E-state index in [1.165, 1.54) is 43.9 Å². The zero-order chi connectivity index (χ0) is 24.0. The molecule has 0 bridgehead atoms. The number of rotatable bonds is 13. The van der Waals surface area contributed by atoms with Crippen LogP contribution >= 0.6 is 11.8 Å². The normalized spacial score (nSPS) is 10.6. The second kappa shape index (κ2) is 14.2. The Kier molecular flexibility index (Phi) is 10.7. The molecule has 3 rings (SSSR count). The Morgan fingerprint density at radius 3 is 2.18 bits per heavy atom. The summed E-state index contributed by atoms with van der Waals surface area (Å²) in [7, 11) is 0. The predicted octanol–water partition coefficient (Wildman–Crippen LogP) is 7.67. The minimum absolute atomic E-state index is 0.130. The van der Waals surface area contributed by atoms with Crippen LogP contribution in [0.5, 0.6) is 0 Å². The van der Waals surface area contributed by atoms with Gasteiger partial charge in [0.1, 0.15) is 11.1 Å². The minimum atomic E-state index is -0.270. The number of ether oxygens (including phenoxy) is 1. The molecule has 0 amide bonds. The first-order valence-corrected chi connectivity index (χ1v) is 13.1. The van der Waals surface area contributed by atoms with Crippen LogP contribution in [0, 0.1) is 11.3 Å². The third-order valence-corrected chi connectivity index (χ3v) is 6.54. The summed E-state index contributed by atoms with van der Waals surface area (Å²) < 4.78 is 5.42. The summed E-state index contributed by atoms with van der Waals surface area (Å²) in [4.78, 5) is 17.1. The van der Waals surface area contributed by atoms with Crippen LogP contribution in [-0.2, 0) is 9.53 Å². The number of unbranched alkanes of at least 4 members (excludes halogenated alkanes) is 6. The average molecular weight is 473 g/mol. The third-order valence-electron chi connectivity index (χ3n) is 5.59. The second-order valence-corrected chi connectivity index (χ2v) is 9.17. The molecule has 0 saturated carbocycles. The topological polar surface area (TPSA) is 63.0 Å². The van der Waals surface area contributed by atoms with Crippen molar-refractivity contribution < 1.29 is 9.53 Å². The standard InChI is InChI=1S/C29H32N2O2S/c1-2-3-4-5-6-7-14-19-33-28(32)22-34-29-26(21-30)25(23-15-10-8-11-16-23)20-27(31-29)24-17-12-9-13-18-24/h8-13,15-18,20H,2-7,14,19,22H2,1H3. The van der Waals surface area contributed by atoms with Gasteiger partial charge in [-0.3, -0.25) is 4.79 Å². The average Bonchev–Trinajstić information content (AvgIpc) is 2.89. The highest BCUT2D eigenvalue weighted by Crippen LogP contribution is 2.34. The van der Waals surface area contributed by atoms with Gasteiger partial charge >= 0.3 is 5.97 Å². The van der Waals surface area contributed by atoms with E-state index in [4.69, 9.17) is 9.72 Å². The molecule has 0 N–H and O–H groups in total. The number of carbonyl (C=O) groups excluding carboxylic acids is 1. The van der Waals surface area contributed by atoms with Gasteiger partial charge in [-0.25, -0.2) is 4.98 Å². The number of carbonyl (C=O) groups is 1. The van der Waals surface area contributed by atoms with Crippen LogP contribution in [0.15, 0.2) is 71.8 Å². The Morgan fingerprint density at radius 1 is 0.912 bits per heavy atom. The van der Waals surface area contributed by atoms with E-state index in [1.54, 1.807) is 0 Å². The summed E-state index contributed by atoms with van der Waals surface area (Å²) in [5, 5.41) is 10.5. The fraction of sp³-hybridized carbons (Fsp3) is 0.345. The number of aromatic nitrogens is 1. The quantitative estimate of drug-likeness (QED) is 0.145. The van der Waals surface area contributed by atoms with E-state index in [2.05, 4.69) is 13.0 Å². The van der Waals surface area contributed by atoms with Gasteiger partial charge in [0.2, 0.25) is 0 Å². The Morgan fingerprint density at radius 2 is 1.53 bits per heavy atom. The number of thioether (sulfide) groups is 1. The number of pyridine rings is 1. The molecule has 0 saturated heterocycles. The highest BCUT2D eigenvalue weighted by molar-refractivity contribution is 7.99.